The topological polar surface area (TPSA) is 59.5 Å². The van der Waals surface area contributed by atoms with Gasteiger partial charge in [0.15, 0.2) is 0 Å². The molecule has 2 rings (SSSR count). The van der Waals surface area contributed by atoms with Gasteiger partial charge in [-0.1, -0.05) is 0 Å². The van der Waals surface area contributed by atoms with E-state index >= 15 is 0 Å². The van der Waals surface area contributed by atoms with Crippen LogP contribution >= 0.6 is 0 Å². The van der Waals surface area contributed by atoms with E-state index in [4.69, 9.17) is 0 Å². The molecule has 0 saturated carbocycles. The molecule has 1 fully saturated rings. The highest BCUT2D eigenvalue weighted by atomic mass is 19.4. The second-order valence-corrected chi connectivity index (χ2v) is 5.23. The smallest absolute Gasteiger partial charge is 0.386 e. The molecule has 0 aliphatic carbocycles. The second kappa shape index (κ2) is 6.93. The van der Waals surface area contributed by atoms with Crippen LogP contribution in [-0.4, -0.2) is 36.2 Å². The first-order chi connectivity index (χ1) is 10.8. The van der Waals surface area contributed by atoms with E-state index < -0.39 is 24.1 Å². The number of rotatable bonds is 3. The van der Waals surface area contributed by atoms with E-state index in [2.05, 4.69) is 9.72 Å². The molecule has 126 valence electrons. The summed E-state index contributed by atoms with van der Waals surface area (Å²) in [5.74, 6) is -4.45. The Morgan fingerprint density at radius 1 is 1.30 bits per heavy atom. The number of pyridine rings is 1. The third-order valence-electron chi connectivity index (χ3n) is 3.58. The second-order valence-electron chi connectivity index (χ2n) is 5.23. The Morgan fingerprint density at radius 3 is 2.52 bits per heavy atom. The van der Waals surface area contributed by atoms with Crippen molar-refractivity contribution < 1.29 is 31.9 Å². The summed E-state index contributed by atoms with van der Waals surface area (Å²) >= 11 is 0. The quantitative estimate of drug-likeness (QED) is 0.368. The lowest BCUT2D eigenvalue weighted by atomic mass is 9.93. The Balaban J connectivity index is 1.81. The van der Waals surface area contributed by atoms with Gasteiger partial charge in [0, 0.05) is 37.5 Å². The van der Waals surface area contributed by atoms with Gasteiger partial charge in [-0.2, -0.15) is 17.6 Å². The molecule has 0 bridgehead atoms. The van der Waals surface area contributed by atoms with E-state index in [0.29, 0.717) is 31.6 Å². The van der Waals surface area contributed by atoms with Crippen molar-refractivity contribution in [2.45, 2.75) is 25.4 Å². The summed E-state index contributed by atoms with van der Waals surface area (Å²) in [5, 5.41) is 0. The maximum absolute atomic E-state index is 13.1. The normalized spacial score (nSPS) is 16.3. The Kier molecular flexibility index (Phi) is 5.17. The number of nitrogens with zero attached hydrogens (tertiary/aromatic N) is 2. The van der Waals surface area contributed by atoms with E-state index in [-0.39, 0.29) is 12.3 Å². The molecular formula is C14H14F4N2O3. The summed E-state index contributed by atoms with van der Waals surface area (Å²) in [7, 11) is 0. The number of alkyl halides is 3. The lowest BCUT2D eigenvalue weighted by Crippen LogP contribution is -2.35. The fourth-order valence-corrected chi connectivity index (χ4v) is 2.42. The lowest BCUT2D eigenvalue weighted by Gasteiger charge is -2.33. The van der Waals surface area contributed by atoms with Crippen molar-refractivity contribution in [3.8, 4) is 0 Å². The third kappa shape index (κ3) is 4.90. The maximum Gasteiger partial charge on any atom is 0.491 e. The van der Waals surface area contributed by atoms with Gasteiger partial charge in [-0.05, 0) is 24.8 Å². The fraction of sp³-hybridized carbons (Fsp3) is 0.500. The highest BCUT2D eigenvalue weighted by molar-refractivity contribution is 5.88. The molecule has 0 unspecified atom stereocenters. The van der Waals surface area contributed by atoms with E-state index in [1.807, 2.05) is 4.90 Å². The molecule has 1 aliphatic heterocycles. The minimum Gasteiger partial charge on any atom is -0.386 e. The molecule has 2 heterocycles. The SMILES string of the molecule is O=C(CC1CCN(c2ccnc(F)c2)CC1)OC(=O)C(F)(F)F. The van der Waals surface area contributed by atoms with Gasteiger partial charge in [0.2, 0.25) is 5.95 Å². The number of ether oxygens (including phenoxy) is 1. The summed E-state index contributed by atoms with van der Waals surface area (Å²) in [6.07, 6.45) is -3.03. The zero-order chi connectivity index (χ0) is 17.0. The molecule has 23 heavy (non-hydrogen) atoms. The van der Waals surface area contributed by atoms with Crippen molar-refractivity contribution in [1.29, 1.82) is 0 Å². The predicted octanol–water partition coefficient (Wildman–Crippen LogP) is 2.46. The molecule has 1 aliphatic rings. The summed E-state index contributed by atoms with van der Waals surface area (Å²) in [5.41, 5.74) is 0.658. The van der Waals surface area contributed by atoms with E-state index in [9.17, 15) is 27.2 Å². The van der Waals surface area contributed by atoms with Crippen molar-refractivity contribution in [3.63, 3.8) is 0 Å². The van der Waals surface area contributed by atoms with E-state index in [1.54, 1.807) is 6.07 Å². The minimum atomic E-state index is -5.18. The van der Waals surface area contributed by atoms with Crippen LogP contribution in [0.4, 0.5) is 23.2 Å². The number of carbonyl (C=O) groups is 2. The highest BCUT2D eigenvalue weighted by Crippen LogP contribution is 2.26. The van der Waals surface area contributed by atoms with Gasteiger partial charge < -0.3 is 9.64 Å². The zero-order valence-electron chi connectivity index (χ0n) is 12.0. The molecule has 0 spiro atoms. The molecule has 0 aromatic carbocycles. The summed E-state index contributed by atoms with van der Waals surface area (Å²) in [4.78, 5) is 27.3. The maximum atomic E-state index is 13.1. The van der Waals surface area contributed by atoms with Gasteiger partial charge in [-0.15, -0.1) is 0 Å². The molecule has 1 aromatic heterocycles. The van der Waals surface area contributed by atoms with Gasteiger partial charge >= 0.3 is 18.1 Å². The van der Waals surface area contributed by atoms with Crippen molar-refractivity contribution >= 4 is 17.6 Å². The summed E-state index contributed by atoms with van der Waals surface area (Å²) in [6.45, 7) is 1.04. The number of esters is 2. The van der Waals surface area contributed by atoms with Crippen LogP contribution < -0.4 is 4.90 Å². The summed E-state index contributed by atoms with van der Waals surface area (Å²) in [6, 6.07) is 2.94. The first-order valence-electron chi connectivity index (χ1n) is 6.94. The Hall–Kier alpha value is -2.19. The van der Waals surface area contributed by atoms with Crippen molar-refractivity contribution in [1.82, 2.24) is 4.98 Å². The van der Waals surface area contributed by atoms with Crippen molar-refractivity contribution in [2.24, 2.45) is 5.92 Å². The Bertz CT molecular complexity index is 584. The number of carbonyl (C=O) groups excluding carboxylic acids is 2. The molecule has 1 saturated heterocycles. The van der Waals surface area contributed by atoms with Crippen LogP contribution in [0.2, 0.25) is 0 Å². The average molecular weight is 334 g/mol. The predicted molar refractivity (Wildman–Crippen MR) is 70.9 cm³/mol. The first kappa shape index (κ1) is 17.2. The molecular weight excluding hydrogens is 320 g/mol. The third-order valence-corrected chi connectivity index (χ3v) is 3.58. The molecule has 1 aromatic rings. The molecule has 0 atom stereocenters. The van der Waals surface area contributed by atoms with Gasteiger partial charge in [0.1, 0.15) is 0 Å². The number of hydrogen-bond donors (Lipinski definition) is 0. The highest BCUT2D eigenvalue weighted by Gasteiger charge is 2.42. The van der Waals surface area contributed by atoms with Crippen LogP contribution in [-0.2, 0) is 14.3 Å². The van der Waals surface area contributed by atoms with Gasteiger partial charge in [0.05, 0.1) is 0 Å². The van der Waals surface area contributed by atoms with Crippen molar-refractivity contribution in [2.75, 3.05) is 18.0 Å². The first-order valence-corrected chi connectivity index (χ1v) is 6.94. The molecule has 5 nitrogen and oxygen atoms in total. The molecule has 0 radical (unpaired) electrons. The number of hydrogen-bond acceptors (Lipinski definition) is 5. The van der Waals surface area contributed by atoms with Crippen LogP contribution in [0.1, 0.15) is 19.3 Å². The number of halogens is 4. The van der Waals surface area contributed by atoms with Gasteiger partial charge in [0.25, 0.3) is 0 Å². The Labute approximate surface area is 129 Å². The summed E-state index contributed by atoms with van der Waals surface area (Å²) < 4.78 is 52.8. The number of aromatic nitrogens is 1. The molecule has 0 amide bonds. The minimum absolute atomic E-state index is 0.175. The lowest BCUT2D eigenvalue weighted by molar-refractivity contribution is -0.202. The number of anilines is 1. The largest absolute Gasteiger partial charge is 0.491 e. The van der Waals surface area contributed by atoms with Crippen molar-refractivity contribution in [3.05, 3.63) is 24.3 Å². The standard InChI is InChI=1S/C14H14F4N2O3/c15-11-8-10(1-4-19-11)20-5-2-9(3-6-20)7-12(21)23-13(22)14(16,17)18/h1,4,8-9H,2-3,5-7H2. The Morgan fingerprint density at radius 2 is 1.96 bits per heavy atom. The van der Waals surface area contributed by atoms with E-state index in [1.165, 1.54) is 12.3 Å². The average Bonchev–Trinajstić information content (AvgIpc) is 2.47. The molecule has 9 heteroatoms. The van der Waals surface area contributed by atoms with Crippen LogP contribution in [0.5, 0.6) is 0 Å². The van der Waals surface area contributed by atoms with Gasteiger partial charge in [-0.25, -0.2) is 9.78 Å². The van der Waals surface area contributed by atoms with Crippen LogP contribution in [0, 0.1) is 11.9 Å². The number of piperidine rings is 1. The monoisotopic (exact) mass is 334 g/mol. The van der Waals surface area contributed by atoms with Crippen LogP contribution in [0.25, 0.3) is 0 Å². The zero-order valence-corrected chi connectivity index (χ0v) is 12.0. The molecule has 0 N–H and O–H groups in total. The van der Waals surface area contributed by atoms with E-state index in [0.717, 1.165) is 0 Å². The van der Waals surface area contributed by atoms with Gasteiger partial charge in [-0.3, -0.25) is 4.79 Å². The van der Waals surface area contributed by atoms with Crippen LogP contribution in [0.15, 0.2) is 18.3 Å². The van der Waals surface area contributed by atoms with Crippen LogP contribution in [0.3, 0.4) is 0 Å². The fourth-order valence-electron chi connectivity index (χ4n) is 2.42.